The van der Waals surface area contributed by atoms with Gasteiger partial charge in [0, 0.05) is 18.6 Å². The van der Waals surface area contributed by atoms with Crippen LogP contribution in [0.1, 0.15) is 78.5 Å². The summed E-state index contributed by atoms with van der Waals surface area (Å²) in [6.07, 6.45) is 0.402. The summed E-state index contributed by atoms with van der Waals surface area (Å²) in [4.78, 5) is 27.7. The van der Waals surface area contributed by atoms with Crippen LogP contribution in [0, 0.1) is 12.8 Å². The molecule has 1 heterocycles. The van der Waals surface area contributed by atoms with Gasteiger partial charge >= 0.3 is 12.1 Å². The Hall–Kier alpha value is -1.86. The molecular formula is C27H45NO5Si. The van der Waals surface area contributed by atoms with Gasteiger partial charge in [-0.15, -0.1) is 0 Å². The summed E-state index contributed by atoms with van der Waals surface area (Å²) >= 11 is 0. The van der Waals surface area contributed by atoms with E-state index in [1.54, 1.807) is 11.8 Å². The molecule has 0 bridgehead atoms. The Bertz CT molecular complexity index is 838. The fourth-order valence-corrected chi connectivity index (χ4v) is 5.17. The van der Waals surface area contributed by atoms with Gasteiger partial charge in [0.25, 0.3) is 0 Å². The molecule has 1 fully saturated rings. The second kappa shape index (κ2) is 10.8. The summed E-state index contributed by atoms with van der Waals surface area (Å²) in [7, 11) is -1.99. The van der Waals surface area contributed by atoms with E-state index in [1.807, 2.05) is 27.7 Å². The first-order valence-corrected chi connectivity index (χ1v) is 15.3. The molecule has 192 valence electrons. The fourth-order valence-electron chi connectivity index (χ4n) is 4.10. The van der Waals surface area contributed by atoms with E-state index in [0.29, 0.717) is 19.6 Å². The molecule has 1 amide bonds. The van der Waals surface area contributed by atoms with Gasteiger partial charge in [-0.2, -0.15) is 0 Å². The summed E-state index contributed by atoms with van der Waals surface area (Å²) in [5.41, 5.74) is 1.55. The Morgan fingerprint density at radius 3 is 2.15 bits per heavy atom. The van der Waals surface area contributed by atoms with Gasteiger partial charge in [-0.3, -0.25) is 9.69 Å². The quantitative estimate of drug-likeness (QED) is 0.316. The summed E-state index contributed by atoms with van der Waals surface area (Å²) in [5, 5.41) is 0.0835. The highest BCUT2D eigenvalue weighted by Gasteiger charge is 2.48. The van der Waals surface area contributed by atoms with Crippen LogP contribution < -0.4 is 0 Å². The molecule has 0 aliphatic carbocycles. The molecule has 3 atom stereocenters. The van der Waals surface area contributed by atoms with E-state index < -0.39 is 20.0 Å². The molecule has 0 saturated carbocycles. The monoisotopic (exact) mass is 491 g/mol. The van der Waals surface area contributed by atoms with Gasteiger partial charge in [0.05, 0.1) is 19.1 Å². The zero-order valence-electron chi connectivity index (χ0n) is 22.9. The lowest BCUT2D eigenvalue weighted by atomic mass is 9.93. The van der Waals surface area contributed by atoms with Gasteiger partial charge in [-0.05, 0) is 64.7 Å². The van der Waals surface area contributed by atoms with Crippen molar-refractivity contribution in [3.8, 4) is 0 Å². The molecule has 34 heavy (non-hydrogen) atoms. The van der Waals surface area contributed by atoms with E-state index in [1.165, 1.54) is 0 Å². The van der Waals surface area contributed by atoms with Crippen molar-refractivity contribution in [2.24, 2.45) is 5.92 Å². The number of ether oxygens (including phenoxy) is 2. The van der Waals surface area contributed by atoms with E-state index in [-0.39, 0.29) is 35.4 Å². The molecule has 0 spiro atoms. The highest BCUT2D eigenvalue weighted by Crippen LogP contribution is 2.45. The zero-order valence-corrected chi connectivity index (χ0v) is 23.9. The van der Waals surface area contributed by atoms with Crippen molar-refractivity contribution in [2.45, 2.75) is 104 Å². The van der Waals surface area contributed by atoms with E-state index in [9.17, 15) is 9.59 Å². The summed E-state index contributed by atoms with van der Waals surface area (Å²) in [5.74, 6) is -0.251. The summed E-state index contributed by atoms with van der Waals surface area (Å²) in [6.45, 7) is 21.4. The predicted molar refractivity (Wildman–Crippen MR) is 138 cm³/mol. The number of carbonyl (C=O) groups is 2. The number of hydrogen-bond donors (Lipinski definition) is 0. The molecule has 2 rings (SSSR count). The van der Waals surface area contributed by atoms with Crippen molar-refractivity contribution in [1.82, 2.24) is 4.90 Å². The zero-order chi connectivity index (χ0) is 25.9. The number of aryl methyl sites for hydroxylation is 1. The van der Waals surface area contributed by atoms with Crippen LogP contribution in [-0.2, 0) is 18.7 Å². The molecule has 1 saturated heterocycles. The Morgan fingerprint density at radius 1 is 1.06 bits per heavy atom. The molecule has 0 unspecified atom stereocenters. The Labute approximate surface area is 207 Å². The van der Waals surface area contributed by atoms with Gasteiger partial charge in [-0.25, -0.2) is 4.79 Å². The minimum absolute atomic E-state index is 0.0452. The molecular weight excluding hydrogens is 446 g/mol. The first kappa shape index (κ1) is 28.4. The van der Waals surface area contributed by atoms with Gasteiger partial charge in [0.2, 0.25) is 0 Å². The lowest BCUT2D eigenvalue weighted by molar-refractivity contribution is -0.144. The standard InChI is InChI=1S/C27H45NO5Si/c1-11-31-23(29)17-22-16-21(18-32-34(9,10)27(6,7)8)24(20-14-12-19(2)13-15-20)28(22)25(30)33-26(3,4)5/h12-15,21-22,24H,11,16-18H2,1-10H3/t21-,22+,24-/m1/s1. The second-order valence-corrected chi connectivity index (χ2v) is 16.8. The number of benzene rings is 1. The average Bonchev–Trinajstić information content (AvgIpc) is 3.03. The van der Waals surface area contributed by atoms with E-state index >= 15 is 0 Å². The molecule has 1 aliphatic rings. The second-order valence-electron chi connectivity index (χ2n) is 12.0. The summed E-state index contributed by atoms with van der Waals surface area (Å²) in [6, 6.07) is 7.72. The van der Waals surface area contributed by atoms with Crippen molar-refractivity contribution in [1.29, 1.82) is 0 Å². The lowest BCUT2D eigenvalue weighted by Crippen LogP contribution is -2.44. The lowest BCUT2D eigenvalue weighted by Gasteiger charge is -2.38. The van der Waals surface area contributed by atoms with Gasteiger partial charge in [0.1, 0.15) is 5.60 Å². The van der Waals surface area contributed by atoms with E-state index in [0.717, 1.165) is 11.1 Å². The largest absolute Gasteiger partial charge is 0.466 e. The highest BCUT2D eigenvalue weighted by atomic mass is 28.4. The Kier molecular flexibility index (Phi) is 9.03. The average molecular weight is 492 g/mol. The Morgan fingerprint density at radius 2 is 1.65 bits per heavy atom. The third-order valence-corrected chi connectivity index (χ3v) is 11.4. The fraction of sp³-hybridized carbons (Fsp3) is 0.704. The summed E-state index contributed by atoms with van der Waals surface area (Å²) < 4.78 is 17.7. The van der Waals surface area contributed by atoms with Crippen molar-refractivity contribution < 1.29 is 23.5 Å². The van der Waals surface area contributed by atoms with Crippen LogP contribution in [-0.4, -0.2) is 50.1 Å². The maximum absolute atomic E-state index is 13.5. The van der Waals surface area contributed by atoms with E-state index in [2.05, 4.69) is 58.1 Å². The minimum Gasteiger partial charge on any atom is -0.466 e. The number of rotatable bonds is 7. The first-order chi connectivity index (χ1) is 15.6. The molecule has 6 nitrogen and oxygen atoms in total. The van der Waals surface area contributed by atoms with Crippen molar-refractivity contribution in [2.75, 3.05) is 13.2 Å². The first-order valence-electron chi connectivity index (χ1n) is 12.4. The maximum Gasteiger partial charge on any atom is 0.411 e. The molecule has 0 N–H and O–H groups in total. The van der Waals surface area contributed by atoms with Crippen LogP contribution in [0.4, 0.5) is 4.79 Å². The third-order valence-electron chi connectivity index (χ3n) is 6.91. The smallest absolute Gasteiger partial charge is 0.411 e. The molecule has 7 heteroatoms. The minimum atomic E-state index is -1.99. The van der Waals surface area contributed by atoms with Crippen LogP contribution in [0.2, 0.25) is 18.1 Å². The molecule has 1 aromatic carbocycles. The van der Waals surface area contributed by atoms with Crippen molar-refractivity contribution in [3.63, 3.8) is 0 Å². The molecule has 1 aromatic rings. The Balaban J connectivity index is 2.46. The molecule has 0 aromatic heterocycles. The van der Waals surface area contributed by atoms with Crippen molar-refractivity contribution in [3.05, 3.63) is 35.4 Å². The number of amides is 1. The number of likely N-dealkylation sites (tertiary alicyclic amines) is 1. The van der Waals surface area contributed by atoms with E-state index in [4.69, 9.17) is 13.9 Å². The number of hydrogen-bond acceptors (Lipinski definition) is 5. The van der Waals surface area contributed by atoms with Crippen LogP contribution >= 0.6 is 0 Å². The van der Waals surface area contributed by atoms with Crippen LogP contribution in [0.3, 0.4) is 0 Å². The van der Waals surface area contributed by atoms with Crippen LogP contribution in [0.15, 0.2) is 24.3 Å². The van der Waals surface area contributed by atoms with Crippen LogP contribution in [0.5, 0.6) is 0 Å². The molecule has 0 radical (unpaired) electrons. The maximum atomic E-state index is 13.5. The van der Waals surface area contributed by atoms with Crippen molar-refractivity contribution >= 4 is 20.4 Å². The normalized spacial score (nSPS) is 21.5. The number of carbonyl (C=O) groups excluding carboxylic acids is 2. The van der Waals surface area contributed by atoms with Gasteiger partial charge < -0.3 is 13.9 Å². The number of esters is 1. The van der Waals surface area contributed by atoms with Crippen LogP contribution in [0.25, 0.3) is 0 Å². The predicted octanol–water partition coefficient (Wildman–Crippen LogP) is 6.64. The topological polar surface area (TPSA) is 65.1 Å². The molecule has 1 aliphatic heterocycles. The third kappa shape index (κ3) is 7.32. The van der Waals surface area contributed by atoms with Gasteiger partial charge in [-0.1, -0.05) is 50.6 Å². The van der Waals surface area contributed by atoms with Gasteiger partial charge in [0.15, 0.2) is 8.32 Å². The SMILES string of the molecule is CCOC(=O)C[C@@H]1C[C@H](CO[Si](C)(C)C(C)(C)C)[C@@H](c2ccc(C)cc2)N1C(=O)OC(C)(C)C. The highest BCUT2D eigenvalue weighted by molar-refractivity contribution is 6.74. The number of nitrogens with zero attached hydrogens (tertiary/aromatic N) is 1.